The van der Waals surface area contributed by atoms with E-state index < -0.39 is 5.97 Å². The van der Waals surface area contributed by atoms with Crippen molar-refractivity contribution in [1.29, 1.82) is 0 Å². The van der Waals surface area contributed by atoms with E-state index in [4.69, 9.17) is 10.5 Å². The van der Waals surface area contributed by atoms with Gasteiger partial charge >= 0.3 is 5.97 Å². The van der Waals surface area contributed by atoms with Crippen molar-refractivity contribution in [2.24, 2.45) is 16.6 Å². The molecule has 1 aromatic rings. The summed E-state index contributed by atoms with van der Waals surface area (Å²) in [4.78, 5) is 16.4. The fraction of sp³-hybridized carbons (Fsp3) is 0.391. The van der Waals surface area contributed by atoms with E-state index in [1.807, 2.05) is 18.2 Å². The fourth-order valence-corrected chi connectivity index (χ4v) is 3.24. The molecule has 2 rings (SSSR count). The van der Waals surface area contributed by atoms with E-state index in [2.05, 4.69) is 36.2 Å². The molecular weight excluding hydrogens is 336 g/mol. The van der Waals surface area contributed by atoms with E-state index in [9.17, 15) is 4.79 Å². The van der Waals surface area contributed by atoms with Gasteiger partial charge in [0.05, 0.1) is 23.6 Å². The molecule has 0 amide bonds. The fourth-order valence-electron chi connectivity index (χ4n) is 3.24. The van der Waals surface area contributed by atoms with Crippen LogP contribution in [-0.4, -0.2) is 18.3 Å². The van der Waals surface area contributed by atoms with Gasteiger partial charge < -0.3 is 10.5 Å². The highest BCUT2D eigenvalue weighted by atomic mass is 16.5. The highest BCUT2D eigenvalue weighted by Gasteiger charge is 2.14. The third kappa shape index (κ3) is 6.24. The Morgan fingerprint density at radius 2 is 2.22 bits per heavy atom. The van der Waals surface area contributed by atoms with Gasteiger partial charge in [-0.15, -0.1) is 0 Å². The number of ether oxygens (including phenoxy) is 1. The Morgan fingerprint density at radius 3 is 2.89 bits per heavy atom. The average Bonchev–Trinajstić information content (AvgIpc) is 3.05. The molecule has 0 bridgehead atoms. The van der Waals surface area contributed by atoms with Crippen LogP contribution in [0.2, 0.25) is 0 Å². The smallest absolute Gasteiger partial charge is 0.341 e. The van der Waals surface area contributed by atoms with E-state index in [0.717, 1.165) is 18.0 Å². The van der Waals surface area contributed by atoms with Crippen molar-refractivity contribution in [2.45, 2.75) is 46.5 Å². The van der Waals surface area contributed by atoms with Crippen LogP contribution in [0.4, 0.5) is 5.69 Å². The number of rotatable bonds is 7. The molecule has 144 valence electrons. The molecule has 0 aliphatic heterocycles. The molecule has 1 atom stereocenters. The predicted molar refractivity (Wildman–Crippen MR) is 112 cm³/mol. The summed E-state index contributed by atoms with van der Waals surface area (Å²) >= 11 is 0. The average molecular weight is 367 g/mol. The highest BCUT2D eigenvalue weighted by molar-refractivity contribution is 6.19. The number of nitrogens with zero attached hydrogens (tertiary/aromatic N) is 1. The molecular formula is C23H30N2O2. The zero-order chi connectivity index (χ0) is 19.6. The van der Waals surface area contributed by atoms with Gasteiger partial charge in [-0.25, -0.2) is 4.79 Å². The van der Waals surface area contributed by atoms with E-state index in [-0.39, 0.29) is 0 Å². The Balaban J connectivity index is 2.05. The van der Waals surface area contributed by atoms with Gasteiger partial charge in [0.1, 0.15) is 0 Å². The quantitative estimate of drug-likeness (QED) is 0.418. The van der Waals surface area contributed by atoms with Gasteiger partial charge in [0, 0.05) is 6.20 Å². The first-order valence-electron chi connectivity index (χ1n) is 9.64. The number of aliphatic imine (C=N–C) groups is 1. The summed E-state index contributed by atoms with van der Waals surface area (Å²) in [7, 11) is 0. The maximum Gasteiger partial charge on any atom is 0.341 e. The third-order valence-electron chi connectivity index (χ3n) is 4.79. The first-order chi connectivity index (χ1) is 13.0. The minimum absolute atomic E-state index is 0.291. The van der Waals surface area contributed by atoms with Crippen LogP contribution in [0.1, 0.15) is 45.6 Å². The molecule has 1 aliphatic rings. The summed E-state index contributed by atoms with van der Waals surface area (Å²) in [5.74, 6) is 0.272. The Labute approximate surface area is 162 Å². The lowest BCUT2D eigenvalue weighted by atomic mass is 10.0. The standard InChI is InChI=1S/C23H30N2O2/c1-4-27-23(26)22(16-24)18(3)25-21-14-8-11-19(15-21)10-5-6-12-20-13-7-9-17(20)2/h5-6,8,11-12,14-17H,4,7,9-10,13,24H2,1-3H3/b6-5-,20-12-,22-16?,25-18?. The number of carbonyl (C=O) groups is 1. The zero-order valence-electron chi connectivity index (χ0n) is 16.6. The van der Waals surface area contributed by atoms with Crippen LogP contribution in [0.25, 0.3) is 0 Å². The van der Waals surface area contributed by atoms with Crippen LogP contribution in [0.5, 0.6) is 0 Å². The predicted octanol–water partition coefficient (Wildman–Crippen LogP) is 5.03. The molecule has 0 heterocycles. The van der Waals surface area contributed by atoms with Crippen molar-refractivity contribution < 1.29 is 9.53 Å². The number of nitrogens with two attached hydrogens (primary N) is 1. The molecule has 2 N–H and O–H groups in total. The molecule has 1 unspecified atom stereocenters. The normalized spacial score (nSPS) is 19.8. The largest absolute Gasteiger partial charge is 0.462 e. The van der Waals surface area contributed by atoms with E-state index >= 15 is 0 Å². The minimum atomic E-state index is -0.450. The van der Waals surface area contributed by atoms with Crippen LogP contribution in [0.15, 0.2) is 64.8 Å². The summed E-state index contributed by atoms with van der Waals surface area (Å²) < 4.78 is 5.01. The molecule has 0 aromatic heterocycles. The van der Waals surface area contributed by atoms with Crippen molar-refractivity contribution >= 4 is 17.4 Å². The van der Waals surface area contributed by atoms with E-state index in [0.29, 0.717) is 17.9 Å². The van der Waals surface area contributed by atoms with Crippen molar-refractivity contribution in [3.05, 3.63) is 65.4 Å². The van der Waals surface area contributed by atoms with Crippen molar-refractivity contribution in [3.63, 3.8) is 0 Å². The summed E-state index contributed by atoms with van der Waals surface area (Å²) in [5.41, 5.74) is 9.93. The molecule has 1 saturated carbocycles. The van der Waals surface area contributed by atoms with Crippen molar-refractivity contribution in [3.8, 4) is 0 Å². The van der Waals surface area contributed by atoms with Crippen molar-refractivity contribution in [2.75, 3.05) is 6.61 Å². The minimum Gasteiger partial charge on any atom is -0.462 e. The molecule has 1 aromatic carbocycles. The summed E-state index contributed by atoms with van der Waals surface area (Å²) in [6, 6.07) is 7.99. The van der Waals surface area contributed by atoms with E-state index in [1.54, 1.807) is 19.4 Å². The monoisotopic (exact) mass is 366 g/mol. The lowest BCUT2D eigenvalue weighted by molar-refractivity contribution is -0.137. The number of allylic oxidation sites excluding steroid dienone is 4. The summed E-state index contributed by atoms with van der Waals surface area (Å²) in [6.07, 6.45) is 12.5. The molecule has 0 radical (unpaired) electrons. The molecule has 1 fully saturated rings. The molecule has 0 saturated heterocycles. The second-order valence-corrected chi connectivity index (χ2v) is 6.84. The third-order valence-corrected chi connectivity index (χ3v) is 4.79. The lowest BCUT2D eigenvalue weighted by Crippen LogP contribution is -2.15. The van der Waals surface area contributed by atoms with Crippen LogP contribution < -0.4 is 5.73 Å². The van der Waals surface area contributed by atoms with Crippen LogP contribution in [-0.2, 0) is 16.0 Å². The van der Waals surface area contributed by atoms with Crippen LogP contribution in [0, 0.1) is 5.92 Å². The second kappa shape index (κ2) is 10.5. The van der Waals surface area contributed by atoms with Gasteiger partial charge in [0.15, 0.2) is 0 Å². The van der Waals surface area contributed by atoms with Gasteiger partial charge in [-0.2, -0.15) is 0 Å². The summed E-state index contributed by atoms with van der Waals surface area (Å²) in [6.45, 7) is 6.13. The lowest BCUT2D eigenvalue weighted by Gasteiger charge is -2.06. The van der Waals surface area contributed by atoms with Gasteiger partial charge in [-0.3, -0.25) is 4.99 Å². The second-order valence-electron chi connectivity index (χ2n) is 6.84. The Hall–Kier alpha value is -2.62. The van der Waals surface area contributed by atoms with Gasteiger partial charge in [0.2, 0.25) is 0 Å². The SMILES string of the molecule is CCOC(=O)C(=CN)C(C)=Nc1cccc(C/C=C\C=C2\CCCC2C)c1. The number of benzene rings is 1. The van der Waals surface area contributed by atoms with Crippen LogP contribution in [0.3, 0.4) is 0 Å². The van der Waals surface area contributed by atoms with E-state index in [1.165, 1.54) is 31.0 Å². The Kier molecular flexibility index (Phi) is 8.05. The van der Waals surface area contributed by atoms with Crippen LogP contribution >= 0.6 is 0 Å². The molecule has 27 heavy (non-hydrogen) atoms. The Morgan fingerprint density at radius 1 is 1.41 bits per heavy atom. The first-order valence-corrected chi connectivity index (χ1v) is 9.64. The summed E-state index contributed by atoms with van der Waals surface area (Å²) in [5, 5.41) is 0. The van der Waals surface area contributed by atoms with Gasteiger partial charge in [-0.1, -0.05) is 42.9 Å². The first kappa shape index (κ1) is 20.7. The van der Waals surface area contributed by atoms with Crippen molar-refractivity contribution in [1.82, 2.24) is 0 Å². The number of carbonyl (C=O) groups excluding carboxylic acids is 1. The maximum atomic E-state index is 11.9. The van der Waals surface area contributed by atoms with Gasteiger partial charge in [-0.05, 0) is 63.1 Å². The molecule has 4 heteroatoms. The molecule has 0 spiro atoms. The number of hydrogen-bond donors (Lipinski definition) is 1. The number of hydrogen-bond acceptors (Lipinski definition) is 4. The molecule has 4 nitrogen and oxygen atoms in total. The maximum absolute atomic E-state index is 11.9. The van der Waals surface area contributed by atoms with Gasteiger partial charge in [0.25, 0.3) is 0 Å². The highest BCUT2D eigenvalue weighted by Crippen LogP contribution is 2.30. The number of esters is 1. The molecule has 1 aliphatic carbocycles. The topological polar surface area (TPSA) is 64.7 Å². The Bertz CT molecular complexity index is 772. The zero-order valence-corrected chi connectivity index (χ0v) is 16.6.